The van der Waals surface area contributed by atoms with Crippen molar-refractivity contribution >= 4 is 27.7 Å². The summed E-state index contributed by atoms with van der Waals surface area (Å²) >= 11 is 3.34. The van der Waals surface area contributed by atoms with Crippen molar-refractivity contribution in [3.8, 4) is 0 Å². The molecule has 15 heavy (non-hydrogen) atoms. The second-order valence-corrected chi connectivity index (χ2v) is 3.93. The largest absolute Gasteiger partial charge is 0.446 e. The number of benzene rings is 1. The van der Waals surface area contributed by atoms with Crippen molar-refractivity contribution in [2.75, 3.05) is 18.6 Å². The smallest absolute Gasteiger partial charge is 0.425 e. The molecule has 1 fully saturated rings. The zero-order valence-corrected chi connectivity index (χ0v) is 9.45. The summed E-state index contributed by atoms with van der Waals surface area (Å²) in [6.45, 7) is 0.968. The Hall–Kier alpha value is -1.27. The second kappa shape index (κ2) is 4.50. The van der Waals surface area contributed by atoms with E-state index >= 15 is 0 Å². The summed E-state index contributed by atoms with van der Waals surface area (Å²) in [5.41, 5.74) is 6.53. The van der Waals surface area contributed by atoms with Crippen LogP contribution in [0.4, 0.5) is 10.5 Å². The topological polar surface area (TPSA) is 53.6 Å². The van der Waals surface area contributed by atoms with Crippen molar-refractivity contribution in [2.45, 2.75) is 0 Å². The van der Waals surface area contributed by atoms with Gasteiger partial charge in [0, 0.05) is 4.47 Å². The molecule has 0 radical (unpaired) electrons. The molecule has 0 aliphatic carbocycles. The predicted molar refractivity (Wildman–Crippen MR) is 59.0 cm³/mol. The summed E-state index contributed by atoms with van der Waals surface area (Å²) in [6.07, 6.45) is -0.361. The number of carbonyl (C=O) groups excluding carboxylic acids is 1. The van der Waals surface area contributed by atoms with Crippen LogP contribution < -0.4 is 11.0 Å². The number of nitrogens with one attached hydrogen (secondary N) is 2. The highest BCUT2D eigenvalue weighted by Gasteiger charge is 2.21. The highest BCUT2D eigenvalue weighted by Crippen LogP contribution is 2.13. The quantitative estimate of drug-likeness (QED) is 0.823. The van der Waals surface area contributed by atoms with E-state index in [0.717, 1.165) is 10.2 Å². The number of nitrogens with zero attached hydrogens (tertiary/aromatic N) is 1. The molecule has 1 heterocycles. The van der Waals surface area contributed by atoms with Gasteiger partial charge in [-0.1, -0.05) is 15.9 Å². The van der Waals surface area contributed by atoms with Crippen molar-refractivity contribution in [1.29, 1.82) is 0 Å². The molecule has 2 N–H and O–H groups in total. The third-order valence-corrected chi connectivity index (χ3v) is 2.47. The average molecular weight is 272 g/mol. The predicted octanol–water partition coefficient (Wildman–Crippen LogP) is 1.73. The fourth-order valence-electron chi connectivity index (χ4n) is 1.16. The van der Waals surface area contributed by atoms with Crippen LogP contribution >= 0.6 is 15.9 Å². The first-order chi connectivity index (χ1) is 7.25. The van der Waals surface area contributed by atoms with E-state index in [1.54, 1.807) is 0 Å². The van der Waals surface area contributed by atoms with Crippen molar-refractivity contribution in [3.63, 3.8) is 0 Å². The molecule has 0 bridgehead atoms. The summed E-state index contributed by atoms with van der Waals surface area (Å²) in [5, 5.41) is 1.38. The second-order valence-electron chi connectivity index (χ2n) is 3.01. The van der Waals surface area contributed by atoms with Crippen molar-refractivity contribution in [3.05, 3.63) is 28.7 Å². The number of cyclic esters (lactones) is 1. The van der Waals surface area contributed by atoms with Gasteiger partial charge in [0.1, 0.15) is 6.61 Å². The normalized spacial score (nSPS) is 15.3. The van der Waals surface area contributed by atoms with Crippen LogP contribution in [0.3, 0.4) is 0 Å². The number of anilines is 1. The van der Waals surface area contributed by atoms with Crippen LogP contribution in [-0.2, 0) is 4.74 Å². The molecular formula is C9H10BrN3O2. The Morgan fingerprint density at radius 1 is 1.33 bits per heavy atom. The van der Waals surface area contributed by atoms with Crippen LogP contribution in [0.15, 0.2) is 28.7 Å². The number of rotatable bonds is 3. The number of amides is 1. The monoisotopic (exact) mass is 271 g/mol. The molecular weight excluding hydrogens is 262 g/mol. The zero-order chi connectivity index (χ0) is 10.7. The summed E-state index contributed by atoms with van der Waals surface area (Å²) < 4.78 is 5.76. The lowest BCUT2D eigenvalue weighted by molar-refractivity contribution is 0.149. The number of carbonyl (C=O) groups is 1. The van der Waals surface area contributed by atoms with E-state index in [1.165, 1.54) is 5.01 Å². The van der Waals surface area contributed by atoms with E-state index in [0.29, 0.717) is 13.2 Å². The van der Waals surface area contributed by atoms with Crippen molar-refractivity contribution in [2.24, 2.45) is 0 Å². The molecule has 1 aromatic rings. The highest BCUT2D eigenvalue weighted by atomic mass is 79.9. The van der Waals surface area contributed by atoms with Crippen LogP contribution in [0.1, 0.15) is 0 Å². The van der Waals surface area contributed by atoms with E-state index in [9.17, 15) is 4.79 Å². The summed E-state index contributed by atoms with van der Waals surface area (Å²) in [7, 11) is 0. The summed E-state index contributed by atoms with van der Waals surface area (Å²) in [5.74, 6) is 0. The Balaban J connectivity index is 1.87. The Morgan fingerprint density at radius 3 is 2.67 bits per heavy atom. The van der Waals surface area contributed by atoms with Gasteiger partial charge in [0.2, 0.25) is 0 Å². The molecule has 0 aromatic heterocycles. The Morgan fingerprint density at radius 2 is 2.07 bits per heavy atom. The molecule has 2 rings (SSSR count). The van der Waals surface area contributed by atoms with Crippen molar-refractivity contribution in [1.82, 2.24) is 10.5 Å². The molecule has 0 spiro atoms. The van der Waals surface area contributed by atoms with E-state index in [1.807, 2.05) is 24.3 Å². The van der Waals surface area contributed by atoms with Gasteiger partial charge in [-0.2, -0.15) is 0 Å². The van der Waals surface area contributed by atoms with Gasteiger partial charge in [-0.25, -0.2) is 9.80 Å². The van der Waals surface area contributed by atoms with Crippen LogP contribution in [0.25, 0.3) is 0 Å². The molecule has 1 aromatic carbocycles. The van der Waals surface area contributed by atoms with Gasteiger partial charge in [0.25, 0.3) is 0 Å². The molecule has 5 nitrogen and oxygen atoms in total. The zero-order valence-electron chi connectivity index (χ0n) is 7.87. The van der Waals surface area contributed by atoms with E-state index in [2.05, 4.69) is 26.9 Å². The van der Waals surface area contributed by atoms with Gasteiger partial charge in [-0.3, -0.25) is 0 Å². The maximum absolute atomic E-state index is 11.0. The fraction of sp³-hybridized carbons (Fsp3) is 0.222. The number of halogens is 1. The molecule has 1 aliphatic rings. The molecule has 6 heteroatoms. The Bertz CT molecular complexity index is 355. The molecule has 0 unspecified atom stereocenters. The number of hydrazine groups is 2. The van der Waals surface area contributed by atoms with Gasteiger partial charge >= 0.3 is 6.09 Å². The van der Waals surface area contributed by atoms with Crippen LogP contribution in [0.5, 0.6) is 0 Å². The standard InChI is InChI=1S/C9H10BrN3O2/c10-7-1-3-8(4-2-7)11-12-13-5-6-15-9(13)14/h1-4,11-12H,5-6H2. The SMILES string of the molecule is O=C1OCCN1NNc1ccc(Br)cc1. The number of hydrogen-bond acceptors (Lipinski definition) is 4. The molecule has 1 amide bonds. The highest BCUT2D eigenvalue weighted by molar-refractivity contribution is 9.10. The first-order valence-corrected chi connectivity index (χ1v) is 5.26. The van der Waals surface area contributed by atoms with E-state index in [-0.39, 0.29) is 6.09 Å². The minimum Gasteiger partial charge on any atom is -0.446 e. The summed E-state index contributed by atoms with van der Waals surface area (Å²) in [6, 6.07) is 7.59. The van der Waals surface area contributed by atoms with Crippen molar-refractivity contribution < 1.29 is 9.53 Å². The molecule has 1 saturated heterocycles. The number of ether oxygens (including phenoxy) is 1. The van der Waals surface area contributed by atoms with Gasteiger partial charge in [-0.05, 0) is 24.3 Å². The third kappa shape index (κ3) is 2.60. The third-order valence-electron chi connectivity index (χ3n) is 1.94. The summed E-state index contributed by atoms with van der Waals surface area (Å²) in [4.78, 5) is 11.0. The van der Waals surface area contributed by atoms with Gasteiger partial charge in [-0.15, -0.1) is 5.53 Å². The van der Waals surface area contributed by atoms with Crippen LogP contribution in [0, 0.1) is 0 Å². The van der Waals surface area contributed by atoms with E-state index < -0.39 is 0 Å². The van der Waals surface area contributed by atoms with Gasteiger partial charge in [0.15, 0.2) is 0 Å². The number of hydrogen-bond donors (Lipinski definition) is 2. The lowest BCUT2D eigenvalue weighted by Crippen LogP contribution is -2.42. The molecule has 0 atom stereocenters. The lowest BCUT2D eigenvalue weighted by Gasteiger charge is -2.15. The average Bonchev–Trinajstić information content (AvgIpc) is 2.63. The lowest BCUT2D eigenvalue weighted by atomic mass is 10.3. The van der Waals surface area contributed by atoms with Crippen LogP contribution in [-0.4, -0.2) is 24.3 Å². The molecule has 1 aliphatic heterocycles. The minimum atomic E-state index is -0.361. The molecule has 0 saturated carbocycles. The minimum absolute atomic E-state index is 0.361. The molecule has 80 valence electrons. The fourth-order valence-corrected chi connectivity index (χ4v) is 1.42. The van der Waals surface area contributed by atoms with Crippen LogP contribution in [0.2, 0.25) is 0 Å². The van der Waals surface area contributed by atoms with Gasteiger partial charge < -0.3 is 10.2 Å². The maximum Gasteiger partial charge on any atom is 0.425 e. The van der Waals surface area contributed by atoms with Gasteiger partial charge in [0.05, 0.1) is 12.2 Å². The Labute approximate surface area is 95.5 Å². The maximum atomic E-state index is 11.0. The first-order valence-electron chi connectivity index (χ1n) is 4.47. The first kappa shape index (κ1) is 10.3. The Kier molecular flexibility index (Phi) is 3.08. The van der Waals surface area contributed by atoms with E-state index in [4.69, 9.17) is 4.74 Å².